The molecule has 1 atom stereocenters. The van der Waals surface area contributed by atoms with Crippen LogP contribution >= 0.6 is 11.8 Å². The van der Waals surface area contributed by atoms with Gasteiger partial charge in [0, 0.05) is 30.2 Å². The Kier molecular flexibility index (Phi) is 5.95. The number of carbonyl (C=O) groups is 1. The van der Waals surface area contributed by atoms with Gasteiger partial charge in [-0.3, -0.25) is 4.90 Å². The summed E-state index contributed by atoms with van der Waals surface area (Å²) in [6, 6.07) is 0. The van der Waals surface area contributed by atoms with Gasteiger partial charge in [-0.25, -0.2) is 8.42 Å². The molecule has 17 heavy (non-hydrogen) atoms. The predicted octanol–water partition coefficient (Wildman–Crippen LogP) is 1.17. The highest BCUT2D eigenvalue weighted by Crippen LogP contribution is 2.21. The van der Waals surface area contributed by atoms with Crippen molar-refractivity contribution in [3.63, 3.8) is 0 Å². The first-order valence-corrected chi connectivity index (χ1v) is 8.87. The number of nitrogens with zero attached hydrogens (tertiary/aromatic N) is 1. The molecule has 1 aliphatic heterocycles. The summed E-state index contributed by atoms with van der Waals surface area (Å²) in [4.78, 5) is 12.9. The molecule has 0 aromatic heterocycles. The summed E-state index contributed by atoms with van der Waals surface area (Å²) >= 11 is 1.70. The lowest BCUT2D eigenvalue weighted by molar-refractivity contribution is -0.117. The molecule has 0 bridgehead atoms. The fourth-order valence-corrected chi connectivity index (χ4v) is 5.04. The molecule has 0 radical (unpaired) electrons. The maximum Gasteiger partial charge on any atom is 0.166 e. The summed E-state index contributed by atoms with van der Waals surface area (Å²) in [7, 11) is -3.00. The van der Waals surface area contributed by atoms with Crippen molar-refractivity contribution in [2.24, 2.45) is 0 Å². The van der Waals surface area contributed by atoms with Gasteiger partial charge in [0.25, 0.3) is 0 Å². The van der Waals surface area contributed by atoms with E-state index in [0.29, 0.717) is 18.7 Å². The number of ketones is 1. The Hall–Kier alpha value is -0.0700. The van der Waals surface area contributed by atoms with Crippen LogP contribution in [-0.2, 0) is 14.6 Å². The molecule has 1 heterocycles. The summed E-state index contributed by atoms with van der Waals surface area (Å²) in [6.45, 7) is 4.80. The van der Waals surface area contributed by atoms with E-state index in [-0.39, 0.29) is 16.9 Å². The summed E-state index contributed by atoms with van der Waals surface area (Å²) in [6.07, 6.45) is 1.30. The lowest BCUT2D eigenvalue weighted by Gasteiger charge is -2.34. The molecule has 0 spiro atoms. The van der Waals surface area contributed by atoms with E-state index < -0.39 is 9.84 Å². The molecule has 4 nitrogen and oxygen atoms in total. The van der Waals surface area contributed by atoms with Crippen LogP contribution < -0.4 is 0 Å². The molecule has 0 aromatic carbocycles. The fourth-order valence-electron chi connectivity index (χ4n) is 1.93. The Bertz CT molecular complexity index is 354. The number of sulfone groups is 1. The zero-order valence-electron chi connectivity index (χ0n) is 10.5. The topological polar surface area (TPSA) is 54.5 Å². The van der Waals surface area contributed by atoms with E-state index in [2.05, 4.69) is 0 Å². The molecule has 0 amide bonds. The molecule has 1 aliphatic rings. The lowest BCUT2D eigenvalue weighted by Crippen LogP contribution is -2.48. The molecule has 0 saturated carbocycles. The Balaban J connectivity index is 2.57. The van der Waals surface area contributed by atoms with Gasteiger partial charge in [0.05, 0.1) is 0 Å². The molecular formula is C11H21NO3S2. The van der Waals surface area contributed by atoms with Gasteiger partial charge in [-0.2, -0.15) is 11.8 Å². The van der Waals surface area contributed by atoms with Crippen molar-refractivity contribution in [1.29, 1.82) is 0 Å². The van der Waals surface area contributed by atoms with Crippen LogP contribution in [0.25, 0.3) is 0 Å². The van der Waals surface area contributed by atoms with Crippen molar-refractivity contribution in [3.05, 3.63) is 0 Å². The first-order chi connectivity index (χ1) is 7.97. The minimum Gasteiger partial charge on any atom is -0.300 e. The van der Waals surface area contributed by atoms with E-state index in [1.807, 2.05) is 4.90 Å². The molecular weight excluding hydrogens is 258 g/mol. The Morgan fingerprint density at radius 1 is 1.47 bits per heavy atom. The van der Waals surface area contributed by atoms with Crippen molar-refractivity contribution in [2.75, 3.05) is 30.3 Å². The molecule has 0 aromatic rings. The lowest BCUT2D eigenvalue weighted by atomic mass is 10.2. The van der Waals surface area contributed by atoms with Crippen LogP contribution in [0.3, 0.4) is 0 Å². The predicted molar refractivity (Wildman–Crippen MR) is 72.1 cm³/mol. The second-order valence-electron chi connectivity index (χ2n) is 4.32. The Labute approximate surface area is 108 Å². The van der Waals surface area contributed by atoms with Gasteiger partial charge >= 0.3 is 0 Å². The molecule has 100 valence electrons. The van der Waals surface area contributed by atoms with Crippen LogP contribution in [0, 0.1) is 0 Å². The summed E-state index contributed by atoms with van der Waals surface area (Å²) in [5.74, 6) is 2.01. The van der Waals surface area contributed by atoms with Gasteiger partial charge in [0.1, 0.15) is 11.2 Å². The van der Waals surface area contributed by atoms with Gasteiger partial charge < -0.3 is 4.79 Å². The fraction of sp³-hybridized carbons (Fsp3) is 0.909. The largest absolute Gasteiger partial charge is 0.300 e. The van der Waals surface area contributed by atoms with E-state index in [1.54, 1.807) is 25.6 Å². The monoisotopic (exact) mass is 279 g/mol. The molecule has 1 saturated heterocycles. The molecule has 6 heteroatoms. The van der Waals surface area contributed by atoms with Gasteiger partial charge in [0.15, 0.2) is 9.84 Å². The number of carbonyl (C=O) groups excluding carboxylic acids is 1. The third-order valence-corrected chi connectivity index (χ3v) is 6.31. The molecule has 0 N–H and O–H groups in total. The molecule has 1 rings (SSSR count). The van der Waals surface area contributed by atoms with Crippen LogP contribution in [0.15, 0.2) is 0 Å². The summed E-state index contributed by atoms with van der Waals surface area (Å²) < 4.78 is 23.9. The van der Waals surface area contributed by atoms with Crippen molar-refractivity contribution in [3.8, 4) is 0 Å². The van der Waals surface area contributed by atoms with Gasteiger partial charge in [-0.05, 0) is 19.9 Å². The second-order valence-corrected chi connectivity index (χ2v) is 7.92. The molecule has 1 unspecified atom stereocenters. The van der Waals surface area contributed by atoms with Crippen molar-refractivity contribution < 1.29 is 13.2 Å². The zero-order valence-corrected chi connectivity index (χ0v) is 12.1. The third-order valence-electron chi connectivity index (χ3n) is 2.98. The van der Waals surface area contributed by atoms with Crippen LogP contribution in [0.4, 0.5) is 0 Å². The highest BCUT2D eigenvalue weighted by atomic mass is 32.2. The van der Waals surface area contributed by atoms with E-state index >= 15 is 0 Å². The van der Waals surface area contributed by atoms with Crippen molar-refractivity contribution >= 4 is 27.4 Å². The van der Waals surface area contributed by atoms with Crippen molar-refractivity contribution in [1.82, 2.24) is 4.90 Å². The second kappa shape index (κ2) is 6.75. The minimum atomic E-state index is -3.00. The van der Waals surface area contributed by atoms with Crippen LogP contribution in [0.5, 0.6) is 0 Å². The molecule has 1 fully saturated rings. The average Bonchev–Trinajstić information content (AvgIpc) is 2.29. The number of hydrogen-bond donors (Lipinski definition) is 0. The standard InChI is InChI=1S/C11H21NO3S2/c1-3-17(14,15)11-9-16-8-7-12(11)6-4-5-10(2)13/h11H,3-9H2,1-2H3. The van der Waals surface area contributed by atoms with Crippen molar-refractivity contribution in [2.45, 2.75) is 32.1 Å². The number of thioether (sulfide) groups is 1. The zero-order chi connectivity index (χ0) is 12.9. The van der Waals surface area contributed by atoms with E-state index in [0.717, 1.165) is 18.7 Å². The van der Waals surface area contributed by atoms with Gasteiger partial charge in [-0.15, -0.1) is 0 Å². The first-order valence-electron chi connectivity index (χ1n) is 6.00. The SMILES string of the molecule is CCS(=O)(=O)C1CSCCN1CCCC(C)=O. The van der Waals surface area contributed by atoms with E-state index in [1.165, 1.54) is 0 Å². The van der Waals surface area contributed by atoms with Crippen LogP contribution in [-0.4, -0.2) is 54.8 Å². The first kappa shape index (κ1) is 15.0. The van der Waals surface area contributed by atoms with Gasteiger partial charge in [0.2, 0.25) is 0 Å². The highest BCUT2D eigenvalue weighted by molar-refractivity contribution is 8.01. The number of rotatable bonds is 6. The number of Topliss-reactive ketones (excluding diaryl/α,β-unsaturated/α-hetero) is 1. The maximum absolute atomic E-state index is 11.9. The summed E-state index contributed by atoms with van der Waals surface area (Å²) in [5.41, 5.74) is 0. The van der Waals surface area contributed by atoms with E-state index in [4.69, 9.17) is 0 Å². The number of hydrogen-bond acceptors (Lipinski definition) is 5. The quantitative estimate of drug-likeness (QED) is 0.730. The third kappa shape index (κ3) is 4.60. The van der Waals surface area contributed by atoms with E-state index in [9.17, 15) is 13.2 Å². The smallest absolute Gasteiger partial charge is 0.166 e. The van der Waals surface area contributed by atoms with Crippen LogP contribution in [0.1, 0.15) is 26.7 Å². The van der Waals surface area contributed by atoms with Gasteiger partial charge in [-0.1, -0.05) is 6.92 Å². The summed E-state index contributed by atoms with van der Waals surface area (Å²) in [5, 5.41) is -0.349. The normalized spacial score (nSPS) is 22.6. The Morgan fingerprint density at radius 2 is 2.18 bits per heavy atom. The average molecular weight is 279 g/mol. The molecule has 0 aliphatic carbocycles. The highest BCUT2D eigenvalue weighted by Gasteiger charge is 2.32. The van der Waals surface area contributed by atoms with Crippen LogP contribution in [0.2, 0.25) is 0 Å². The Morgan fingerprint density at radius 3 is 2.76 bits per heavy atom. The minimum absolute atomic E-state index is 0.172. The maximum atomic E-state index is 11.9.